The van der Waals surface area contributed by atoms with Crippen LogP contribution in [0, 0.1) is 11.8 Å². The number of carbonyl (C=O) groups is 1. The molecular weight excluding hydrogens is 216 g/mol. The van der Waals surface area contributed by atoms with Crippen LogP contribution in [0.4, 0.5) is 0 Å². The maximum Gasteiger partial charge on any atom is 0.240 e. The molecule has 1 unspecified atom stereocenters. The molecule has 0 aromatic rings. The lowest BCUT2D eigenvalue weighted by atomic mass is 10.0. The number of nitrogens with two attached hydrogens (primary N) is 1. The Kier molecular flexibility index (Phi) is 5.40. The zero-order valence-corrected chi connectivity index (χ0v) is 11.5. The topological polar surface area (TPSA) is 55.6 Å². The van der Waals surface area contributed by atoms with E-state index in [1.807, 2.05) is 18.7 Å². The minimum Gasteiger partial charge on any atom is -0.383 e. The van der Waals surface area contributed by atoms with Gasteiger partial charge in [-0.05, 0) is 31.6 Å². The van der Waals surface area contributed by atoms with Crippen LogP contribution < -0.4 is 5.73 Å². The number of ether oxygens (including phenoxy) is 1. The van der Waals surface area contributed by atoms with Gasteiger partial charge in [-0.15, -0.1) is 0 Å². The molecule has 0 heterocycles. The molecule has 1 amide bonds. The monoisotopic (exact) mass is 242 g/mol. The Morgan fingerprint density at radius 2 is 2.00 bits per heavy atom. The van der Waals surface area contributed by atoms with Gasteiger partial charge in [-0.1, -0.05) is 13.8 Å². The highest BCUT2D eigenvalue weighted by Gasteiger charge is 2.36. The quantitative estimate of drug-likeness (QED) is 0.731. The van der Waals surface area contributed by atoms with Crippen molar-refractivity contribution in [3.8, 4) is 0 Å². The molecule has 0 bridgehead atoms. The minimum absolute atomic E-state index is 0.0662. The lowest BCUT2D eigenvalue weighted by Gasteiger charge is -2.32. The normalized spacial score (nSPS) is 19.2. The molecule has 100 valence electrons. The van der Waals surface area contributed by atoms with Gasteiger partial charge in [0.05, 0.1) is 12.6 Å². The van der Waals surface area contributed by atoms with E-state index in [2.05, 4.69) is 6.92 Å². The number of hydrogen-bond acceptors (Lipinski definition) is 3. The van der Waals surface area contributed by atoms with Gasteiger partial charge in [0.25, 0.3) is 0 Å². The summed E-state index contributed by atoms with van der Waals surface area (Å²) in [6.07, 6.45) is 2.46. The van der Waals surface area contributed by atoms with Gasteiger partial charge < -0.3 is 15.4 Å². The highest BCUT2D eigenvalue weighted by molar-refractivity contribution is 5.82. The van der Waals surface area contributed by atoms with Crippen molar-refractivity contribution in [3.05, 3.63) is 0 Å². The Balaban J connectivity index is 2.63. The molecule has 1 aliphatic carbocycles. The summed E-state index contributed by atoms with van der Waals surface area (Å²) in [6.45, 7) is 7.32. The molecule has 0 spiro atoms. The van der Waals surface area contributed by atoms with E-state index >= 15 is 0 Å². The molecular formula is C13H26N2O2. The summed E-state index contributed by atoms with van der Waals surface area (Å²) < 4.78 is 5.08. The second-order valence-corrected chi connectivity index (χ2v) is 5.37. The van der Waals surface area contributed by atoms with E-state index in [0.29, 0.717) is 25.1 Å². The molecule has 0 aliphatic heterocycles. The second-order valence-electron chi connectivity index (χ2n) is 5.37. The van der Waals surface area contributed by atoms with Crippen LogP contribution in [0.5, 0.6) is 0 Å². The molecule has 0 aromatic heterocycles. The highest BCUT2D eigenvalue weighted by atomic mass is 16.5. The van der Waals surface area contributed by atoms with E-state index in [0.717, 1.165) is 0 Å². The number of nitrogens with zero attached hydrogens (tertiary/aromatic N) is 1. The van der Waals surface area contributed by atoms with Crippen molar-refractivity contribution >= 4 is 5.91 Å². The molecule has 1 saturated carbocycles. The Hall–Kier alpha value is -0.610. The maximum absolute atomic E-state index is 12.3. The van der Waals surface area contributed by atoms with Crippen LogP contribution in [-0.4, -0.2) is 43.2 Å². The van der Waals surface area contributed by atoms with Crippen LogP contribution in [0.3, 0.4) is 0 Å². The van der Waals surface area contributed by atoms with Crippen molar-refractivity contribution in [1.82, 2.24) is 4.90 Å². The first-order chi connectivity index (χ1) is 7.99. The van der Waals surface area contributed by atoms with Crippen LogP contribution in [0.1, 0.15) is 33.6 Å². The average molecular weight is 242 g/mol. The summed E-state index contributed by atoms with van der Waals surface area (Å²) in [6, 6.07) is -0.101. The van der Waals surface area contributed by atoms with Gasteiger partial charge in [0.15, 0.2) is 0 Å². The number of hydrogen-bond donors (Lipinski definition) is 1. The van der Waals surface area contributed by atoms with Crippen molar-refractivity contribution in [2.24, 2.45) is 17.6 Å². The van der Waals surface area contributed by atoms with E-state index in [-0.39, 0.29) is 11.8 Å². The predicted molar refractivity (Wildman–Crippen MR) is 68.6 cm³/mol. The van der Waals surface area contributed by atoms with Crippen molar-refractivity contribution in [1.29, 1.82) is 0 Å². The Morgan fingerprint density at radius 1 is 1.41 bits per heavy atom. The van der Waals surface area contributed by atoms with Crippen LogP contribution in [-0.2, 0) is 9.53 Å². The molecule has 2 N–H and O–H groups in total. The third-order valence-electron chi connectivity index (χ3n) is 3.62. The number of rotatable bonds is 7. The smallest absolute Gasteiger partial charge is 0.240 e. The summed E-state index contributed by atoms with van der Waals surface area (Å²) in [5.41, 5.74) is 5.96. The van der Waals surface area contributed by atoms with Gasteiger partial charge in [-0.2, -0.15) is 0 Å². The second kappa shape index (κ2) is 6.36. The summed E-state index contributed by atoms with van der Waals surface area (Å²) >= 11 is 0. The Bertz CT molecular complexity index is 252. The van der Waals surface area contributed by atoms with Crippen molar-refractivity contribution in [2.45, 2.75) is 45.7 Å². The zero-order chi connectivity index (χ0) is 13.0. The third kappa shape index (κ3) is 3.96. The fourth-order valence-electron chi connectivity index (χ4n) is 2.01. The molecule has 1 fully saturated rings. The van der Waals surface area contributed by atoms with E-state index < -0.39 is 6.04 Å². The fraction of sp³-hybridized carbons (Fsp3) is 0.923. The van der Waals surface area contributed by atoms with Crippen LogP contribution in [0.25, 0.3) is 0 Å². The molecule has 2 atom stereocenters. The summed E-state index contributed by atoms with van der Waals surface area (Å²) in [7, 11) is 1.66. The number of methoxy groups -OCH3 is 1. The van der Waals surface area contributed by atoms with Gasteiger partial charge in [0, 0.05) is 19.7 Å². The van der Waals surface area contributed by atoms with E-state index in [4.69, 9.17) is 10.5 Å². The molecule has 0 radical (unpaired) electrons. The largest absolute Gasteiger partial charge is 0.383 e. The minimum atomic E-state index is -0.395. The molecule has 1 aliphatic rings. The first-order valence-electron chi connectivity index (χ1n) is 6.54. The van der Waals surface area contributed by atoms with Gasteiger partial charge in [0.1, 0.15) is 0 Å². The van der Waals surface area contributed by atoms with Crippen molar-refractivity contribution in [2.75, 3.05) is 20.3 Å². The lowest BCUT2D eigenvalue weighted by Crippen LogP contribution is -2.51. The lowest BCUT2D eigenvalue weighted by molar-refractivity contribution is -0.136. The van der Waals surface area contributed by atoms with Crippen LogP contribution >= 0.6 is 0 Å². The van der Waals surface area contributed by atoms with Crippen LogP contribution in [0.2, 0.25) is 0 Å². The number of amides is 1. The van der Waals surface area contributed by atoms with Crippen LogP contribution in [0.15, 0.2) is 0 Å². The van der Waals surface area contributed by atoms with E-state index in [9.17, 15) is 4.79 Å². The average Bonchev–Trinajstić information content (AvgIpc) is 3.11. The summed E-state index contributed by atoms with van der Waals surface area (Å²) in [4.78, 5) is 14.2. The molecule has 17 heavy (non-hydrogen) atoms. The summed E-state index contributed by atoms with van der Waals surface area (Å²) in [5, 5.41) is 0. The third-order valence-corrected chi connectivity index (χ3v) is 3.62. The molecule has 0 saturated heterocycles. The fourth-order valence-corrected chi connectivity index (χ4v) is 2.01. The van der Waals surface area contributed by atoms with Crippen molar-refractivity contribution in [3.63, 3.8) is 0 Å². The first kappa shape index (κ1) is 14.5. The van der Waals surface area contributed by atoms with Gasteiger partial charge in [-0.3, -0.25) is 4.79 Å². The van der Waals surface area contributed by atoms with E-state index in [1.54, 1.807) is 7.11 Å². The Morgan fingerprint density at radius 3 is 2.41 bits per heavy atom. The van der Waals surface area contributed by atoms with Gasteiger partial charge in [0.2, 0.25) is 5.91 Å². The van der Waals surface area contributed by atoms with Gasteiger partial charge >= 0.3 is 0 Å². The summed E-state index contributed by atoms with van der Waals surface area (Å²) in [5.74, 6) is 0.908. The molecule has 4 heteroatoms. The predicted octanol–water partition coefficient (Wildman–Crippen LogP) is 1.24. The molecule has 0 aromatic carbocycles. The zero-order valence-electron chi connectivity index (χ0n) is 11.5. The Labute approximate surface area is 104 Å². The first-order valence-corrected chi connectivity index (χ1v) is 6.54. The molecule has 1 rings (SSSR count). The van der Waals surface area contributed by atoms with E-state index in [1.165, 1.54) is 12.8 Å². The molecule has 4 nitrogen and oxygen atoms in total. The van der Waals surface area contributed by atoms with Crippen molar-refractivity contribution < 1.29 is 9.53 Å². The maximum atomic E-state index is 12.3. The highest BCUT2D eigenvalue weighted by Crippen LogP contribution is 2.35. The van der Waals surface area contributed by atoms with Gasteiger partial charge in [-0.25, -0.2) is 0 Å². The standard InChI is InChI=1S/C13H26N2O2/c1-9(2)12(14)13(16)15(7-8-17-4)10(3)11-5-6-11/h9-12H,5-8,14H2,1-4H3/t10?,12-/m0/s1. The number of carbonyl (C=O) groups excluding carboxylic acids is 1. The SMILES string of the molecule is COCCN(C(=O)[C@@H](N)C(C)C)C(C)C1CC1.